The number of nitrogens with zero attached hydrogens (tertiary/aromatic N) is 1. The highest BCUT2D eigenvalue weighted by Crippen LogP contribution is 2.05. The maximum absolute atomic E-state index is 10.4. The average molecular weight is 146 g/mol. The van der Waals surface area contributed by atoms with Crippen LogP contribution in [0.2, 0.25) is 0 Å². The zero-order valence-electron chi connectivity index (χ0n) is 5.53. The lowest BCUT2D eigenvalue weighted by Gasteiger charge is -1.93. The Kier molecular flexibility index (Phi) is 1.88. The Labute approximate surface area is 63.5 Å². The van der Waals surface area contributed by atoms with Crippen molar-refractivity contribution in [3.8, 4) is 6.07 Å². The first-order valence-electron chi connectivity index (χ1n) is 2.89. The Morgan fingerprint density at radius 2 is 2.45 bits per heavy atom. The van der Waals surface area contributed by atoms with E-state index in [0.717, 1.165) is 0 Å². The number of carboxylic acid groups (broad SMARTS) is 1. The molecule has 11 heavy (non-hydrogen) atoms. The van der Waals surface area contributed by atoms with Crippen LogP contribution in [0.15, 0.2) is 18.2 Å². The molecule has 0 atom stereocenters. The zero-order chi connectivity index (χ0) is 8.27. The van der Waals surface area contributed by atoms with Crippen LogP contribution in [0.3, 0.4) is 0 Å². The van der Waals surface area contributed by atoms with Gasteiger partial charge < -0.3 is 5.11 Å². The van der Waals surface area contributed by atoms with E-state index in [9.17, 15) is 4.79 Å². The number of benzene rings is 1. The van der Waals surface area contributed by atoms with Crippen molar-refractivity contribution in [1.82, 2.24) is 0 Å². The topological polar surface area (TPSA) is 61.1 Å². The lowest BCUT2D eigenvalue weighted by Crippen LogP contribution is -1.98. The summed E-state index contributed by atoms with van der Waals surface area (Å²) in [6.45, 7) is 0. The molecule has 1 aromatic rings. The summed E-state index contributed by atoms with van der Waals surface area (Å²) in [6.07, 6.45) is 0. The van der Waals surface area contributed by atoms with Gasteiger partial charge in [0.2, 0.25) is 0 Å². The molecule has 0 aliphatic carbocycles. The molecule has 1 aromatic carbocycles. The van der Waals surface area contributed by atoms with Crippen molar-refractivity contribution < 1.29 is 9.90 Å². The fraction of sp³-hybridized carbons (Fsp3) is 0. The minimum Gasteiger partial charge on any atom is -0.478 e. The molecule has 0 fully saturated rings. The Morgan fingerprint density at radius 1 is 1.73 bits per heavy atom. The molecule has 0 saturated carbocycles. The molecule has 0 spiro atoms. The van der Waals surface area contributed by atoms with Gasteiger partial charge in [-0.3, -0.25) is 0 Å². The summed E-state index contributed by atoms with van der Waals surface area (Å²) in [4.78, 5) is 10.4. The van der Waals surface area contributed by atoms with Gasteiger partial charge in [-0.05, 0) is 18.2 Å². The first-order chi connectivity index (χ1) is 5.25. The normalized spacial score (nSPS) is 8.64. The maximum atomic E-state index is 10.4. The maximum Gasteiger partial charge on any atom is 0.337 e. The molecule has 1 N–H and O–H groups in total. The molecule has 53 valence electrons. The molecular formula is C8H4NO2. The van der Waals surface area contributed by atoms with E-state index in [4.69, 9.17) is 10.4 Å². The van der Waals surface area contributed by atoms with Crippen molar-refractivity contribution in [2.75, 3.05) is 0 Å². The van der Waals surface area contributed by atoms with E-state index < -0.39 is 5.97 Å². The summed E-state index contributed by atoms with van der Waals surface area (Å²) >= 11 is 0. The highest BCUT2D eigenvalue weighted by atomic mass is 16.4. The molecule has 3 nitrogen and oxygen atoms in total. The van der Waals surface area contributed by atoms with Crippen LogP contribution >= 0.6 is 0 Å². The van der Waals surface area contributed by atoms with E-state index >= 15 is 0 Å². The van der Waals surface area contributed by atoms with E-state index in [1.807, 2.05) is 0 Å². The predicted molar refractivity (Wildman–Crippen MR) is 37.0 cm³/mol. The summed E-state index contributed by atoms with van der Waals surface area (Å²) in [5.74, 6) is -1.10. The number of aromatic carboxylic acids is 1. The third kappa shape index (κ3) is 1.36. The third-order valence-corrected chi connectivity index (χ3v) is 1.21. The van der Waals surface area contributed by atoms with Crippen molar-refractivity contribution in [2.24, 2.45) is 0 Å². The minimum atomic E-state index is -1.10. The molecule has 3 heteroatoms. The number of nitriles is 1. The Morgan fingerprint density at radius 3 is 2.91 bits per heavy atom. The van der Waals surface area contributed by atoms with Gasteiger partial charge in [-0.15, -0.1) is 0 Å². The molecule has 0 unspecified atom stereocenters. The Hall–Kier alpha value is -1.82. The fourth-order valence-corrected chi connectivity index (χ4v) is 0.705. The van der Waals surface area contributed by atoms with Crippen molar-refractivity contribution in [2.45, 2.75) is 0 Å². The highest BCUT2D eigenvalue weighted by molar-refractivity contribution is 5.90. The first kappa shape index (κ1) is 7.29. The predicted octanol–water partition coefficient (Wildman–Crippen LogP) is 1.06. The van der Waals surface area contributed by atoms with Crippen molar-refractivity contribution >= 4 is 5.97 Å². The molecule has 1 rings (SSSR count). The van der Waals surface area contributed by atoms with E-state index in [1.54, 1.807) is 6.07 Å². The Balaban J connectivity index is 3.26. The zero-order valence-corrected chi connectivity index (χ0v) is 5.53. The summed E-state index contributed by atoms with van der Waals surface area (Å²) < 4.78 is 0. The van der Waals surface area contributed by atoms with E-state index in [2.05, 4.69) is 6.07 Å². The van der Waals surface area contributed by atoms with Gasteiger partial charge in [0.15, 0.2) is 0 Å². The number of carboxylic acids is 1. The van der Waals surface area contributed by atoms with Gasteiger partial charge in [0.25, 0.3) is 0 Å². The molecule has 0 aliphatic rings. The second-order valence-corrected chi connectivity index (χ2v) is 1.89. The molecular weight excluding hydrogens is 142 g/mol. The van der Waals surface area contributed by atoms with Gasteiger partial charge in [0.1, 0.15) is 6.07 Å². The van der Waals surface area contributed by atoms with E-state index in [0.29, 0.717) is 0 Å². The molecule has 0 heterocycles. The van der Waals surface area contributed by atoms with Crippen molar-refractivity contribution in [1.29, 1.82) is 5.26 Å². The molecule has 0 saturated heterocycles. The smallest absolute Gasteiger partial charge is 0.337 e. The Bertz CT molecular complexity index is 325. The standard InChI is InChI=1S/C8H4NO2/c9-5-6-3-1-2-4-7(6)8(10)11/h1,3-4H,(H,10,11). The summed E-state index contributed by atoms with van der Waals surface area (Å²) in [6, 6.07) is 8.56. The van der Waals surface area contributed by atoms with Gasteiger partial charge in [0.05, 0.1) is 11.1 Å². The number of rotatable bonds is 1. The number of carbonyl (C=O) groups is 1. The molecule has 0 aromatic heterocycles. The van der Waals surface area contributed by atoms with Gasteiger partial charge >= 0.3 is 5.97 Å². The SMILES string of the molecule is N#Cc1cc[c]cc1C(=O)O. The van der Waals surface area contributed by atoms with Crippen molar-refractivity contribution in [3.63, 3.8) is 0 Å². The van der Waals surface area contributed by atoms with Crippen LogP contribution in [-0.4, -0.2) is 11.1 Å². The van der Waals surface area contributed by atoms with Crippen LogP contribution in [0.1, 0.15) is 15.9 Å². The fourth-order valence-electron chi connectivity index (χ4n) is 0.705. The molecule has 0 aliphatic heterocycles. The molecule has 0 amide bonds. The molecule has 0 bridgehead atoms. The third-order valence-electron chi connectivity index (χ3n) is 1.21. The van der Waals surface area contributed by atoms with Crippen molar-refractivity contribution in [3.05, 3.63) is 35.4 Å². The van der Waals surface area contributed by atoms with Crippen LogP contribution in [0.5, 0.6) is 0 Å². The largest absolute Gasteiger partial charge is 0.478 e. The van der Waals surface area contributed by atoms with Gasteiger partial charge in [-0.1, -0.05) is 6.07 Å². The average Bonchev–Trinajstić information content (AvgIpc) is 2.04. The van der Waals surface area contributed by atoms with Crippen LogP contribution in [0.4, 0.5) is 0 Å². The van der Waals surface area contributed by atoms with Crippen LogP contribution in [0, 0.1) is 17.4 Å². The van der Waals surface area contributed by atoms with E-state index in [1.165, 1.54) is 18.2 Å². The molecule has 1 radical (unpaired) electrons. The minimum absolute atomic E-state index is 0.00463. The van der Waals surface area contributed by atoms with Crippen LogP contribution < -0.4 is 0 Å². The summed E-state index contributed by atoms with van der Waals surface area (Å²) in [5, 5.41) is 17.0. The van der Waals surface area contributed by atoms with Gasteiger partial charge in [-0.2, -0.15) is 5.26 Å². The van der Waals surface area contributed by atoms with Crippen LogP contribution in [-0.2, 0) is 0 Å². The number of hydrogen-bond donors (Lipinski definition) is 1. The van der Waals surface area contributed by atoms with Gasteiger partial charge in [0, 0.05) is 0 Å². The number of hydrogen-bond acceptors (Lipinski definition) is 2. The quantitative estimate of drug-likeness (QED) is 0.644. The second kappa shape index (κ2) is 2.84. The van der Waals surface area contributed by atoms with Crippen LogP contribution in [0.25, 0.3) is 0 Å². The lowest BCUT2D eigenvalue weighted by molar-refractivity contribution is 0.0696. The monoisotopic (exact) mass is 146 g/mol. The summed E-state index contributed by atoms with van der Waals surface area (Å²) in [5.41, 5.74) is 0.159. The van der Waals surface area contributed by atoms with E-state index in [-0.39, 0.29) is 11.1 Å². The lowest BCUT2D eigenvalue weighted by atomic mass is 10.1. The van der Waals surface area contributed by atoms with Gasteiger partial charge in [-0.25, -0.2) is 4.79 Å². The second-order valence-electron chi connectivity index (χ2n) is 1.89. The highest BCUT2D eigenvalue weighted by Gasteiger charge is 2.06. The first-order valence-corrected chi connectivity index (χ1v) is 2.89. The summed E-state index contributed by atoms with van der Waals surface area (Å²) in [7, 11) is 0.